The van der Waals surface area contributed by atoms with Crippen molar-refractivity contribution < 1.29 is 19.4 Å². The van der Waals surface area contributed by atoms with Gasteiger partial charge in [0.25, 0.3) is 0 Å². The van der Waals surface area contributed by atoms with Gasteiger partial charge in [-0.15, -0.1) is 11.3 Å². The molecule has 0 saturated carbocycles. The van der Waals surface area contributed by atoms with Gasteiger partial charge in [0.05, 0.1) is 0 Å². The summed E-state index contributed by atoms with van der Waals surface area (Å²) in [6.07, 6.45) is 6.83. The first-order chi connectivity index (χ1) is 10.3. The van der Waals surface area contributed by atoms with Crippen LogP contribution in [0.5, 0.6) is 0 Å². The van der Waals surface area contributed by atoms with E-state index < -0.39 is 17.7 Å². The summed E-state index contributed by atoms with van der Waals surface area (Å²) in [5.74, 6) is -0.960. The average Bonchev–Trinajstić information content (AvgIpc) is 2.81. The number of thiophene rings is 1. The maximum atomic E-state index is 11.4. The Morgan fingerprint density at radius 3 is 2.73 bits per heavy atom. The van der Waals surface area contributed by atoms with Crippen LogP contribution in [0.25, 0.3) is 12.2 Å². The third-order valence-electron chi connectivity index (χ3n) is 2.32. The third kappa shape index (κ3) is 8.26. The molecule has 0 aromatic carbocycles. The number of carbonyl (C=O) groups is 2. The normalized spacial score (nSPS) is 12.0. The molecular weight excluding hydrogens is 302 g/mol. The fraction of sp³-hybridized carbons (Fsp3) is 0.375. The van der Waals surface area contributed by atoms with Gasteiger partial charge in [0.1, 0.15) is 5.60 Å². The summed E-state index contributed by atoms with van der Waals surface area (Å²) >= 11 is 1.48. The SMILES string of the molecule is CC(C)(C)OC(=O)NCCC=Cc1csc(/C=C/C(=O)O)c1. The third-order valence-corrected chi connectivity index (χ3v) is 3.24. The predicted octanol–water partition coefficient (Wildman–Crippen LogP) is 3.77. The van der Waals surface area contributed by atoms with Crippen molar-refractivity contribution in [3.05, 3.63) is 34.0 Å². The summed E-state index contributed by atoms with van der Waals surface area (Å²) in [6, 6.07) is 1.90. The molecule has 1 heterocycles. The molecule has 0 radical (unpaired) electrons. The van der Waals surface area contributed by atoms with Crippen LogP contribution >= 0.6 is 11.3 Å². The van der Waals surface area contributed by atoms with Crippen LogP contribution in [0.4, 0.5) is 4.79 Å². The van der Waals surface area contributed by atoms with Crippen LogP contribution in [-0.2, 0) is 9.53 Å². The largest absolute Gasteiger partial charge is 0.478 e. The van der Waals surface area contributed by atoms with Crippen LogP contribution < -0.4 is 5.32 Å². The highest BCUT2D eigenvalue weighted by molar-refractivity contribution is 7.11. The van der Waals surface area contributed by atoms with Crippen LogP contribution in [0, 0.1) is 0 Å². The minimum Gasteiger partial charge on any atom is -0.478 e. The van der Waals surface area contributed by atoms with Gasteiger partial charge in [-0.3, -0.25) is 0 Å². The summed E-state index contributed by atoms with van der Waals surface area (Å²) in [4.78, 5) is 22.7. The first kappa shape index (κ1) is 18.0. The molecular formula is C16H21NO4S. The topological polar surface area (TPSA) is 75.6 Å². The van der Waals surface area contributed by atoms with Crippen LogP contribution in [0.2, 0.25) is 0 Å². The van der Waals surface area contributed by atoms with Crippen molar-refractivity contribution in [2.24, 2.45) is 0 Å². The molecule has 0 unspecified atom stereocenters. The standard InChI is InChI=1S/C16H21NO4S/c1-16(2,3)21-15(20)17-9-5-4-6-12-10-13(22-11-12)7-8-14(18)19/h4,6-8,10-11H,5,9H2,1-3H3,(H,17,20)(H,18,19)/b6-4?,8-7+. The highest BCUT2D eigenvalue weighted by Gasteiger charge is 2.15. The van der Waals surface area contributed by atoms with Crippen LogP contribution in [0.15, 0.2) is 23.6 Å². The summed E-state index contributed by atoms with van der Waals surface area (Å²) in [6.45, 7) is 5.96. The molecule has 0 saturated heterocycles. The molecule has 0 fully saturated rings. The molecule has 0 spiro atoms. The number of ether oxygens (including phenoxy) is 1. The van der Waals surface area contributed by atoms with Gasteiger partial charge < -0.3 is 15.2 Å². The second-order valence-electron chi connectivity index (χ2n) is 5.57. The maximum absolute atomic E-state index is 11.4. The van der Waals surface area contributed by atoms with E-state index in [1.54, 1.807) is 6.08 Å². The molecule has 1 amide bonds. The molecule has 6 heteroatoms. The van der Waals surface area contributed by atoms with Gasteiger partial charge in [0, 0.05) is 17.5 Å². The first-order valence-electron chi connectivity index (χ1n) is 6.89. The number of nitrogens with one attached hydrogen (secondary N) is 1. The van der Waals surface area contributed by atoms with Gasteiger partial charge in [-0.25, -0.2) is 9.59 Å². The Morgan fingerprint density at radius 2 is 2.09 bits per heavy atom. The van der Waals surface area contributed by atoms with E-state index in [4.69, 9.17) is 9.84 Å². The molecule has 0 aliphatic rings. The highest BCUT2D eigenvalue weighted by Crippen LogP contribution is 2.17. The molecule has 22 heavy (non-hydrogen) atoms. The van der Waals surface area contributed by atoms with E-state index >= 15 is 0 Å². The lowest BCUT2D eigenvalue weighted by atomic mass is 10.2. The minimum absolute atomic E-state index is 0.419. The number of rotatable bonds is 6. The number of alkyl carbamates (subject to hydrolysis) is 1. The lowest BCUT2D eigenvalue weighted by Gasteiger charge is -2.19. The molecule has 0 bridgehead atoms. The number of aliphatic carboxylic acids is 1. The number of carbonyl (C=O) groups excluding carboxylic acids is 1. The Kier molecular flexibility index (Phi) is 6.85. The molecule has 1 aromatic rings. The number of hydrogen-bond donors (Lipinski definition) is 2. The smallest absolute Gasteiger partial charge is 0.407 e. The molecule has 120 valence electrons. The van der Waals surface area contributed by atoms with E-state index in [0.717, 1.165) is 16.5 Å². The summed E-state index contributed by atoms with van der Waals surface area (Å²) in [7, 11) is 0. The Morgan fingerprint density at radius 1 is 1.36 bits per heavy atom. The second-order valence-corrected chi connectivity index (χ2v) is 6.52. The molecule has 1 aromatic heterocycles. The van der Waals surface area contributed by atoms with Crippen molar-refractivity contribution in [2.75, 3.05) is 6.54 Å². The quantitative estimate of drug-likeness (QED) is 0.617. The van der Waals surface area contributed by atoms with Gasteiger partial charge in [-0.1, -0.05) is 12.2 Å². The molecule has 1 rings (SSSR count). The first-order valence-corrected chi connectivity index (χ1v) is 7.77. The number of amides is 1. The van der Waals surface area contributed by atoms with Crippen LogP contribution in [0.3, 0.4) is 0 Å². The van der Waals surface area contributed by atoms with Gasteiger partial charge >= 0.3 is 12.1 Å². The lowest BCUT2D eigenvalue weighted by molar-refractivity contribution is -0.131. The van der Waals surface area contributed by atoms with Crippen molar-refractivity contribution in [2.45, 2.75) is 32.8 Å². The highest BCUT2D eigenvalue weighted by atomic mass is 32.1. The van der Waals surface area contributed by atoms with Crippen molar-refractivity contribution in [1.29, 1.82) is 0 Å². The predicted molar refractivity (Wildman–Crippen MR) is 88.9 cm³/mol. The summed E-state index contributed by atoms with van der Waals surface area (Å²) in [5.41, 5.74) is 0.517. The average molecular weight is 323 g/mol. The Labute approximate surface area is 134 Å². The zero-order chi connectivity index (χ0) is 16.6. The van der Waals surface area contributed by atoms with Crippen LogP contribution in [0.1, 0.15) is 37.6 Å². The van der Waals surface area contributed by atoms with Crippen molar-refractivity contribution >= 4 is 35.6 Å². The zero-order valence-corrected chi connectivity index (χ0v) is 13.8. The molecule has 5 nitrogen and oxygen atoms in total. The summed E-state index contributed by atoms with van der Waals surface area (Å²) in [5, 5.41) is 13.2. The number of carboxylic acids is 1. The number of carboxylic acid groups (broad SMARTS) is 1. The van der Waals surface area contributed by atoms with Crippen molar-refractivity contribution in [3.63, 3.8) is 0 Å². The number of hydrogen-bond acceptors (Lipinski definition) is 4. The maximum Gasteiger partial charge on any atom is 0.407 e. The van der Waals surface area contributed by atoms with Gasteiger partial charge in [-0.2, -0.15) is 0 Å². The lowest BCUT2D eigenvalue weighted by Crippen LogP contribution is -2.32. The van der Waals surface area contributed by atoms with Gasteiger partial charge in [0.15, 0.2) is 0 Å². The van der Waals surface area contributed by atoms with Crippen molar-refractivity contribution in [3.8, 4) is 0 Å². The fourth-order valence-electron chi connectivity index (χ4n) is 1.49. The van der Waals surface area contributed by atoms with Crippen LogP contribution in [-0.4, -0.2) is 29.3 Å². The minimum atomic E-state index is -0.960. The zero-order valence-electron chi connectivity index (χ0n) is 13.0. The molecule has 2 N–H and O–H groups in total. The fourth-order valence-corrected chi connectivity index (χ4v) is 2.26. The summed E-state index contributed by atoms with van der Waals surface area (Å²) < 4.78 is 5.12. The van der Waals surface area contributed by atoms with Crippen molar-refractivity contribution in [1.82, 2.24) is 5.32 Å². The molecule has 0 atom stereocenters. The second kappa shape index (κ2) is 8.38. The molecule has 0 aliphatic carbocycles. The Hall–Kier alpha value is -2.08. The van der Waals surface area contributed by atoms with E-state index in [9.17, 15) is 9.59 Å². The Balaban J connectivity index is 2.32. The van der Waals surface area contributed by atoms with Gasteiger partial charge in [-0.05, 0) is 50.3 Å². The molecule has 0 aliphatic heterocycles. The van der Waals surface area contributed by atoms with Gasteiger partial charge in [0.2, 0.25) is 0 Å². The van der Waals surface area contributed by atoms with E-state index in [1.165, 1.54) is 11.3 Å². The van der Waals surface area contributed by atoms with E-state index in [2.05, 4.69) is 5.32 Å². The van der Waals surface area contributed by atoms with E-state index in [0.29, 0.717) is 13.0 Å². The monoisotopic (exact) mass is 323 g/mol. The Bertz CT molecular complexity index is 567. The van der Waals surface area contributed by atoms with E-state index in [1.807, 2.05) is 44.4 Å². The van der Waals surface area contributed by atoms with E-state index in [-0.39, 0.29) is 0 Å².